The number of rotatable bonds is 4. The summed E-state index contributed by atoms with van der Waals surface area (Å²) in [7, 11) is 0. The Balaban J connectivity index is 1.15. The van der Waals surface area contributed by atoms with Crippen molar-refractivity contribution in [2.75, 3.05) is 4.90 Å². The van der Waals surface area contributed by atoms with Crippen LogP contribution in [0.4, 0.5) is 17.1 Å². The summed E-state index contributed by atoms with van der Waals surface area (Å²) in [6.45, 7) is 4.69. The minimum atomic E-state index is -0.0337. The fourth-order valence-electron chi connectivity index (χ4n) is 8.06. The van der Waals surface area contributed by atoms with Crippen LogP contribution >= 0.6 is 11.3 Å². The smallest absolute Gasteiger partial charge is 0.0468 e. The topological polar surface area (TPSA) is 3.24 Å². The molecule has 1 nitrogen and oxygen atoms in total. The summed E-state index contributed by atoms with van der Waals surface area (Å²) >= 11 is 1.88. The van der Waals surface area contributed by atoms with Gasteiger partial charge >= 0.3 is 0 Å². The molecule has 0 atom stereocenters. The molecule has 0 aliphatic heterocycles. The van der Waals surface area contributed by atoms with Crippen molar-refractivity contribution in [3.05, 3.63) is 175 Å². The lowest BCUT2D eigenvalue weighted by Crippen LogP contribution is -2.15. The van der Waals surface area contributed by atoms with E-state index in [0.717, 1.165) is 17.1 Å². The fourth-order valence-corrected chi connectivity index (χ4v) is 9.17. The molecular formula is C47H33NS. The van der Waals surface area contributed by atoms with Gasteiger partial charge < -0.3 is 4.90 Å². The van der Waals surface area contributed by atoms with Gasteiger partial charge in [-0.2, -0.15) is 0 Å². The van der Waals surface area contributed by atoms with Gasteiger partial charge in [-0.3, -0.25) is 0 Å². The minimum absolute atomic E-state index is 0.0337. The maximum atomic E-state index is 2.43. The molecule has 0 amide bonds. The normalized spacial score (nSPS) is 13.3. The number of anilines is 3. The van der Waals surface area contributed by atoms with E-state index in [0.29, 0.717) is 0 Å². The molecule has 1 aromatic heterocycles. The molecule has 9 aromatic rings. The summed E-state index contributed by atoms with van der Waals surface area (Å²) in [5.41, 5.74) is 11.3. The Morgan fingerprint density at radius 3 is 1.82 bits per heavy atom. The summed E-state index contributed by atoms with van der Waals surface area (Å²) in [4.78, 5) is 2.43. The van der Waals surface area contributed by atoms with Crippen molar-refractivity contribution in [3.63, 3.8) is 0 Å². The highest BCUT2D eigenvalue weighted by molar-refractivity contribution is 7.25. The number of benzene rings is 8. The Labute approximate surface area is 290 Å². The molecule has 49 heavy (non-hydrogen) atoms. The Morgan fingerprint density at radius 2 is 1.00 bits per heavy atom. The highest BCUT2D eigenvalue weighted by Gasteiger charge is 2.35. The molecule has 10 rings (SSSR count). The zero-order chi connectivity index (χ0) is 32.7. The standard InChI is InChI=1S/C47H33NS/c1-47(2)43-14-8-7-13-39(43)40-28-37(21-23-44(40)47)48(36-19-17-31(18-20-36)35-16-15-30-9-3-4-10-32(30)25-35)38-22-24-45-42(29-38)41-26-33-11-5-6-12-34(33)27-46(41)49-45/h3-29H,1-2H3. The third kappa shape index (κ3) is 4.45. The molecule has 0 unspecified atom stereocenters. The summed E-state index contributed by atoms with van der Waals surface area (Å²) < 4.78 is 2.64. The molecule has 232 valence electrons. The zero-order valence-corrected chi connectivity index (χ0v) is 28.3. The van der Waals surface area contributed by atoms with E-state index < -0.39 is 0 Å². The first-order chi connectivity index (χ1) is 24.0. The Hall–Kier alpha value is -5.70. The minimum Gasteiger partial charge on any atom is -0.310 e. The monoisotopic (exact) mass is 643 g/mol. The van der Waals surface area contributed by atoms with Crippen LogP contribution in [0.2, 0.25) is 0 Å². The average molecular weight is 644 g/mol. The second kappa shape index (κ2) is 10.7. The average Bonchev–Trinajstić information content (AvgIpc) is 3.61. The molecule has 1 aliphatic carbocycles. The van der Waals surface area contributed by atoms with E-state index in [-0.39, 0.29) is 5.41 Å². The van der Waals surface area contributed by atoms with Gasteiger partial charge in [0.25, 0.3) is 0 Å². The third-order valence-corrected chi connectivity index (χ3v) is 11.7. The Morgan fingerprint density at radius 1 is 0.408 bits per heavy atom. The lowest BCUT2D eigenvalue weighted by atomic mass is 9.82. The van der Waals surface area contributed by atoms with Crippen LogP contribution in [0.3, 0.4) is 0 Å². The van der Waals surface area contributed by atoms with Crippen LogP contribution in [0, 0.1) is 0 Å². The number of nitrogens with zero attached hydrogens (tertiary/aromatic N) is 1. The van der Waals surface area contributed by atoms with Crippen molar-refractivity contribution < 1.29 is 0 Å². The fraction of sp³-hybridized carbons (Fsp3) is 0.0638. The number of thiophene rings is 1. The third-order valence-electron chi connectivity index (χ3n) is 10.6. The molecule has 0 N–H and O–H groups in total. The van der Waals surface area contributed by atoms with E-state index in [9.17, 15) is 0 Å². The summed E-state index contributed by atoms with van der Waals surface area (Å²) in [6.07, 6.45) is 0. The maximum Gasteiger partial charge on any atom is 0.0468 e. The summed E-state index contributed by atoms with van der Waals surface area (Å²) in [5.74, 6) is 0. The van der Waals surface area contributed by atoms with Crippen LogP contribution in [0.5, 0.6) is 0 Å². The first-order valence-corrected chi connectivity index (χ1v) is 17.8. The van der Waals surface area contributed by atoms with E-state index in [1.807, 2.05) is 11.3 Å². The lowest BCUT2D eigenvalue weighted by molar-refractivity contribution is 0.660. The molecule has 1 heterocycles. The van der Waals surface area contributed by atoms with Gasteiger partial charge in [-0.05, 0) is 116 Å². The van der Waals surface area contributed by atoms with Gasteiger partial charge in [-0.1, -0.05) is 117 Å². The molecule has 2 heteroatoms. The molecular weight excluding hydrogens is 611 g/mol. The van der Waals surface area contributed by atoms with E-state index in [4.69, 9.17) is 0 Å². The van der Waals surface area contributed by atoms with E-state index in [1.54, 1.807) is 0 Å². The predicted molar refractivity (Wildman–Crippen MR) is 212 cm³/mol. The lowest BCUT2D eigenvalue weighted by Gasteiger charge is -2.27. The highest BCUT2D eigenvalue weighted by atomic mass is 32.1. The molecule has 8 aromatic carbocycles. The molecule has 0 fully saturated rings. The number of hydrogen-bond acceptors (Lipinski definition) is 2. The Kier molecular flexibility index (Phi) is 6.16. The molecule has 0 saturated carbocycles. The van der Waals surface area contributed by atoms with Crippen LogP contribution in [0.15, 0.2) is 164 Å². The largest absolute Gasteiger partial charge is 0.310 e. The van der Waals surface area contributed by atoms with E-state index in [1.165, 1.54) is 75.1 Å². The van der Waals surface area contributed by atoms with Crippen LogP contribution in [-0.4, -0.2) is 0 Å². The summed E-state index contributed by atoms with van der Waals surface area (Å²) in [6, 6.07) is 60.8. The second-order valence-corrected chi connectivity index (χ2v) is 14.9. The van der Waals surface area contributed by atoms with Crippen molar-refractivity contribution in [1.29, 1.82) is 0 Å². The van der Waals surface area contributed by atoms with Gasteiger partial charge in [0.1, 0.15) is 0 Å². The van der Waals surface area contributed by atoms with Gasteiger partial charge in [0.2, 0.25) is 0 Å². The van der Waals surface area contributed by atoms with Crippen LogP contribution in [0.1, 0.15) is 25.0 Å². The first-order valence-electron chi connectivity index (χ1n) is 17.0. The molecule has 0 bridgehead atoms. The van der Waals surface area contributed by atoms with Gasteiger partial charge in [0, 0.05) is 42.6 Å². The van der Waals surface area contributed by atoms with Crippen LogP contribution in [0.25, 0.3) is 64.0 Å². The zero-order valence-electron chi connectivity index (χ0n) is 27.4. The van der Waals surface area contributed by atoms with Gasteiger partial charge in [-0.15, -0.1) is 11.3 Å². The molecule has 1 aliphatic rings. The van der Waals surface area contributed by atoms with Gasteiger partial charge in [0.05, 0.1) is 0 Å². The van der Waals surface area contributed by atoms with Crippen molar-refractivity contribution in [3.8, 4) is 22.3 Å². The van der Waals surface area contributed by atoms with E-state index >= 15 is 0 Å². The van der Waals surface area contributed by atoms with Crippen molar-refractivity contribution in [2.24, 2.45) is 0 Å². The highest BCUT2D eigenvalue weighted by Crippen LogP contribution is 2.51. The SMILES string of the molecule is CC1(C)c2ccccc2-c2cc(N(c3ccc(-c4ccc5ccccc5c4)cc3)c3ccc4sc5cc6ccccc6cc5c4c3)ccc21. The molecule has 0 radical (unpaired) electrons. The summed E-state index contributed by atoms with van der Waals surface area (Å²) in [5, 5.41) is 7.71. The van der Waals surface area contributed by atoms with Crippen LogP contribution in [-0.2, 0) is 5.41 Å². The van der Waals surface area contributed by atoms with Gasteiger partial charge in [0.15, 0.2) is 0 Å². The predicted octanol–water partition coefficient (Wildman–Crippen LogP) is 13.8. The van der Waals surface area contributed by atoms with Crippen molar-refractivity contribution >= 4 is 70.1 Å². The first kappa shape index (κ1) is 28.3. The Bertz CT molecular complexity index is 2750. The van der Waals surface area contributed by atoms with Crippen molar-refractivity contribution in [2.45, 2.75) is 19.3 Å². The molecule has 0 saturated heterocycles. The quantitative estimate of drug-likeness (QED) is 0.184. The molecule has 0 spiro atoms. The number of fused-ring (bicyclic) bond motifs is 8. The number of hydrogen-bond donors (Lipinski definition) is 0. The van der Waals surface area contributed by atoms with E-state index in [2.05, 4.69) is 183 Å². The van der Waals surface area contributed by atoms with Gasteiger partial charge in [-0.25, -0.2) is 0 Å². The maximum absolute atomic E-state index is 2.43. The second-order valence-electron chi connectivity index (χ2n) is 13.8. The van der Waals surface area contributed by atoms with Crippen LogP contribution < -0.4 is 4.90 Å². The van der Waals surface area contributed by atoms with Crippen molar-refractivity contribution in [1.82, 2.24) is 0 Å².